The van der Waals surface area contributed by atoms with Gasteiger partial charge in [0.25, 0.3) is 0 Å². The lowest BCUT2D eigenvalue weighted by molar-refractivity contribution is -0.118. The Hall–Kier alpha value is -2.25. The summed E-state index contributed by atoms with van der Waals surface area (Å²) < 4.78 is 5.95. The van der Waals surface area contributed by atoms with Gasteiger partial charge < -0.3 is 15.5 Å². The number of carbonyl (C=O) groups is 1. The molecule has 118 valence electrons. The van der Waals surface area contributed by atoms with Gasteiger partial charge in [0.1, 0.15) is 16.5 Å². The monoisotopic (exact) mass is 345 g/mol. The Bertz CT molecular complexity index is 770. The lowest BCUT2D eigenvalue weighted by atomic mass is 10.2. The Labute approximate surface area is 141 Å². The summed E-state index contributed by atoms with van der Waals surface area (Å²) in [6.07, 6.45) is 1.58. The first kappa shape index (κ1) is 15.6. The SMILES string of the molecule is Nc1sc(SCC(=O)NCc2ccco2)nc1-c1ccccc1. The topological polar surface area (TPSA) is 81.2 Å². The van der Waals surface area contributed by atoms with E-state index in [0.717, 1.165) is 21.4 Å². The third-order valence-corrected chi connectivity index (χ3v) is 5.08. The van der Waals surface area contributed by atoms with E-state index in [1.165, 1.54) is 23.1 Å². The first-order chi connectivity index (χ1) is 11.2. The predicted molar refractivity (Wildman–Crippen MR) is 93.2 cm³/mol. The third-order valence-electron chi connectivity index (χ3n) is 3.05. The van der Waals surface area contributed by atoms with E-state index in [-0.39, 0.29) is 5.91 Å². The molecule has 1 amide bonds. The summed E-state index contributed by atoms with van der Waals surface area (Å²) in [5, 5.41) is 3.46. The van der Waals surface area contributed by atoms with Gasteiger partial charge in [-0.25, -0.2) is 4.98 Å². The van der Waals surface area contributed by atoms with Crippen molar-refractivity contribution in [2.45, 2.75) is 10.9 Å². The van der Waals surface area contributed by atoms with Crippen LogP contribution in [0.5, 0.6) is 0 Å². The molecule has 0 radical (unpaired) electrons. The van der Waals surface area contributed by atoms with E-state index in [0.29, 0.717) is 17.3 Å². The van der Waals surface area contributed by atoms with Crippen LogP contribution in [0.3, 0.4) is 0 Å². The molecule has 0 aliphatic rings. The minimum Gasteiger partial charge on any atom is -0.467 e. The molecule has 0 atom stereocenters. The summed E-state index contributed by atoms with van der Waals surface area (Å²) in [5.74, 6) is 0.955. The lowest BCUT2D eigenvalue weighted by Gasteiger charge is -2.01. The van der Waals surface area contributed by atoms with Crippen LogP contribution in [0, 0.1) is 0 Å². The van der Waals surface area contributed by atoms with Crippen LogP contribution in [0.15, 0.2) is 57.5 Å². The highest BCUT2D eigenvalue weighted by atomic mass is 32.2. The molecule has 0 aliphatic carbocycles. The molecule has 0 saturated carbocycles. The van der Waals surface area contributed by atoms with Crippen LogP contribution < -0.4 is 11.1 Å². The second kappa shape index (κ2) is 7.34. The highest BCUT2D eigenvalue weighted by molar-refractivity contribution is 8.01. The molecule has 1 aromatic carbocycles. The summed E-state index contributed by atoms with van der Waals surface area (Å²) in [7, 11) is 0. The highest BCUT2D eigenvalue weighted by Crippen LogP contribution is 2.35. The van der Waals surface area contributed by atoms with Crippen LogP contribution in [-0.2, 0) is 11.3 Å². The average molecular weight is 345 g/mol. The normalized spacial score (nSPS) is 10.6. The average Bonchev–Trinajstić information content (AvgIpc) is 3.21. The van der Waals surface area contributed by atoms with Crippen LogP contribution in [0.2, 0.25) is 0 Å². The number of carbonyl (C=O) groups excluding carboxylic acids is 1. The van der Waals surface area contributed by atoms with Crippen LogP contribution in [0.1, 0.15) is 5.76 Å². The van der Waals surface area contributed by atoms with Gasteiger partial charge in [-0.05, 0) is 12.1 Å². The van der Waals surface area contributed by atoms with Gasteiger partial charge in [-0.1, -0.05) is 53.4 Å². The van der Waals surface area contributed by atoms with E-state index in [2.05, 4.69) is 10.3 Å². The van der Waals surface area contributed by atoms with Gasteiger partial charge in [0.2, 0.25) is 5.91 Å². The smallest absolute Gasteiger partial charge is 0.230 e. The molecule has 5 nitrogen and oxygen atoms in total. The molecule has 7 heteroatoms. The molecule has 0 spiro atoms. The molecule has 0 aliphatic heterocycles. The van der Waals surface area contributed by atoms with Crippen molar-refractivity contribution in [2.24, 2.45) is 0 Å². The number of hydrogen-bond donors (Lipinski definition) is 2. The van der Waals surface area contributed by atoms with Crippen molar-refractivity contribution in [3.05, 3.63) is 54.5 Å². The Morgan fingerprint density at radius 2 is 2.09 bits per heavy atom. The van der Waals surface area contributed by atoms with E-state index >= 15 is 0 Å². The highest BCUT2D eigenvalue weighted by Gasteiger charge is 2.12. The van der Waals surface area contributed by atoms with Gasteiger partial charge in [0.15, 0.2) is 4.34 Å². The van der Waals surface area contributed by atoms with Gasteiger partial charge in [-0.2, -0.15) is 0 Å². The van der Waals surface area contributed by atoms with E-state index in [9.17, 15) is 4.79 Å². The first-order valence-electron chi connectivity index (χ1n) is 6.96. The number of hydrogen-bond acceptors (Lipinski definition) is 6. The van der Waals surface area contributed by atoms with E-state index in [1.807, 2.05) is 36.4 Å². The van der Waals surface area contributed by atoms with Gasteiger partial charge in [0, 0.05) is 5.56 Å². The Balaban J connectivity index is 1.55. The number of amides is 1. The largest absolute Gasteiger partial charge is 0.467 e. The number of aromatic nitrogens is 1. The molecule has 0 bridgehead atoms. The maximum Gasteiger partial charge on any atom is 0.230 e. The second-order valence-electron chi connectivity index (χ2n) is 4.70. The molecule has 0 unspecified atom stereocenters. The van der Waals surface area contributed by atoms with Crippen molar-refractivity contribution < 1.29 is 9.21 Å². The third kappa shape index (κ3) is 4.14. The van der Waals surface area contributed by atoms with E-state index in [4.69, 9.17) is 10.2 Å². The number of nitrogen functional groups attached to an aromatic ring is 1. The molecule has 2 aromatic heterocycles. The predicted octanol–water partition coefficient (Wildman–Crippen LogP) is 3.39. The van der Waals surface area contributed by atoms with Crippen molar-refractivity contribution in [3.63, 3.8) is 0 Å². The van der Waals surface area contributed by atoms with Crippen LogP contribution in [0.25, 0.3) is 11.3 Å². The second-order valence-corrected chi connectivity index (χ2v) is 6.96. The summed E-state index contributed by atoms with van der Waals surface area (Å²) in [5.41, 5.74) is 7.79. The maximum atomic E-state index is 11.8. The van der Waals surface area contributed by atoms with Gasteiger partial charge in [-0.3, -0.25) is 4.79 Å². The van der Waals surface area contributed by atoms with Gasteiger partial charge in [0.05, 0.1) is 18.6 Å². The number of thiazole rings is 1. The van der Waals surface area contributed by atoms with Gasteiger partial charge >= 0.3 is 0 Å². The molecule has 0 saturated heterocycles. The van der Waals surface area contributed by atoms with Crippen molar-refractivity contribution >= 4 is 34.0 Å². The van der Waals surface area contributed by atoms with Crippen molar-refractivity contribution in [1.82, 2.24) is 10.3 Å². The molecule has 2 heterocycles. The number of rotatable bonds is 6. The zero-order valence-electron chi connectivity index (χ0n) is 12.2. The minimum atomic E-state index is -0.0681. The molecule has 3 aromatic rings. The van der Waals surface area contributed by atoms with Crippen LogP contribution in [-0.4, -0.2) is 16.6 Å². The fraction of sp³-hybridized carbons (Fsp3) is 0.125. The fourth-order valence-electron chi connectivity index (χ4n) is 1.95. The summed E-state index contributed by atoms with van der Waals surface area (Å²) in [6, 6.07) is 13.4. The van der Waals surface area contributed by atoms with Crippen LogP contribution >= 0.6 is 23.1 Å². The standard InChI is InChI=1S/C16H15N3O2S2/c17-15-14(11-5-2-1-3-6-11)19-16(23-15)22-10-13(20)18-9-12-7-4-8-21-12/h1-8H,9-10,17H2,(H,18,20). The molecule has 23 heavy (non-hydrogen) atoms. The molecular formula is C16H15N3O2S2. The minimum absolute atomic E-state index is 0.0681. The zero-order valence-corrected chi connectivity index (χ0v) is 13.8. The molecule has 3 N–H and O–H groups in total. The number of nitrogens with two attached hydrogens (primary N) is 1. The lowest BCUT2D eigenvalue weighted by Crippen LogP contribution is -2.24. The number of benzene rings is 1. The summed E-state index contributed by atoms with van der Waals surface area (Å²) in [4.78, 5) is 16.4. The zero-order chi connectivity index (χ0) is 16.1. The molecule has 3 rings (SSSR count). The Morgan fingerprint density at radius 3 is 2.83 bits per heavy atom. The van der Waals surface area contributed by atoms with Gasteiger partial charge in [-0.15, -0.1) is 0 Å². The number of nitrogens with zero attached hydrogens (tertiary/aromatic N) is 1. The number of thioether (sulfide) groups is 1. The van der Waals surface area contributed by atoms with Crippen molar-refractivity contribution in [1.29, 1.82) is 0 Å². The fourth-order valence-corrected chi connectivity index (χ4v) is 3.73. The van der Waals surface area contributed by atoms with E-state index in [1.54, 1.807) is 12.3 Å². The van der Waals surface area contributed by atoms with Crippen molar-refractivity contribution in [3.8, 4) is 11.3 Å². The quantitative estimate of drug-likeness (QED) is 0.669. The van der Waals surface area contributed by atoms with Crippen molar-refractivity contribution in [2.75, 3.05) is 11.5 Å². The van der Waals surface area contributed by atoms with Crippen LogP contribution in [0.4, 0.5) is 5.00 Å². The number of anilines is 1. The molecule has 0 fully saturated rings. The maximum absolute atomic E-state index is 11.8. The number of furan rings is 1. The Morgan fingerprint density at radius 1 is 1.26 bits per heavy atom. The summed E-state index contributed by atoms with van der Waals surface area (Å²) >= 11 is 2.78. The summed E-state index contributed by atoms with van der Waals surface area (Å²) in [6.45, 7) is 0.391. The molecular weight excluding hydrogens is 330 g/mol. The Kier molecular flexibility index (Phi) is 4.99. The number of nitrogens with one attached hydrogen (secondary N) is 1. The van der Waals surface area contributed by atoms with E-state index < -0.39 is 0 Å². The first-order valence-corrected chi connectivity index (χ1v) is 8.76.